The number of carbonyl (C=O) groups excluding carboxylic acids is 3. The largest absolute Gasteiger partial charge is 0.507 e. The number of Topliss-reactive ketones (excluding diaryl/α,β-unsaturated/α-hetero) is 1. The Labute approximate surface area is 145 Å². The zero-order valence-corrected chi connectivity index (χ0v) is 14.6. The lowest BCUT2D eigenvalue weighted by Crippen LogP contribution is -2.28. The molecule has 1 aromatic rings. The van der Waals surface area contributed by atoms with E-state index in [1.165, 1.54) is 26.2 Å². The number of phenols is 1. The molecule has 2 rings (SSSR count). The molecule has 0 fully saturated rings. The number of aromatic hydroxyl groups is 1. The Hall–Kier alpha value is -2.89. The summed E-state index contributed by atoms with van der Waals surface area (Å²) in [5.74, 6) is -1.71. The van der Waals surface area contributed by atoms with Crippen molar-refractivity contribution in [2.24, 2.45) is 0 Å². The van der Waals surface area contributed by atoms with Crippen LogP contribution in [0.5, 0.6) is 11.5 Å². The van der Waals surface area contributed by atoms with Crippen LogP contribution in [0, 0.1) is 0 Å². The number of ether oxygens (including phenoxy) is 2. The van der Waals surface area contributed by atoms with Crippen molar-refractivity contribution >= 4 is 17.5 Å². The third kappa shape index (κ3) is 3.79. The van der Waals surface area contributed by atoms with Crippen LogP contribution in [0.3, 0.4) is 0 Å². The number of carbonyl (C=O) groups is 3. The molecule has 1 atom stereocenters. The van der Waals surface area contributed by atoms with Gasteiger partial charge in [0.15, 0.2) is 11.6 Å². The Kier molecular flexibility index (Phi) is 5.41. The Morgan fingerprint density at radius 2 is 1.88 bits per heavy atom. The Bertz CT molecular complexity index is 796. The van der Waals surface area contributed by atoms with Crippen molar-refractivity contribution in [2.45, 2.75) is 33.3 Å². The average Bonchev–Trinajstić information content (AvgIpc) is 2.54. The lowest BCUT2D eigenvalue weighted by atomic mass is 9.85. The minimum Gasteiger partial charge on any atom is -0.507 e. The molecule has 25 heavy (non-hydrogen) atoms. The van der Waals surface area contributed by atoms with Gasteiger partial charge in [-0.2, -0.15) is 0 Å². The van der Waals surface area contributed by atoms with Crippen molar-refractivity contribution < 1.29 is 29.0 Å². The van der Waals surface area contributed by atoms with Gasteiger partial charge in [-0.1, -0.05) is 11.6 Å². The topological polar surface area (TPSA) is 89.9 Å². The highest BCUT2D eigenvalue weighted by Gasteiger charge is 2.35. The maximum Gasteiger partial charge on any atom is 0.303 e. The molecule has 0 heterocycles. The number of allylic oxidation sites excluding steroid dienone is 2. The summed E-state index contributed by atoms with van der Waals surface area (Å²) < 4.78 is 10.4. The monoisotopic (exact) mass is 344 g/mol. The quantitative estimate of drug-likeness (QED) is 0.652. The van der Waals surface area contributed by atoms with E-state index in [2.05, 4.69) is 0 Å². The molecule has 1 aromatic carbocycles. The zero-order valence-electron chi connectivity index (χ0n) is 14.6. The number of hydrogen-bond acceptors (Lipinski definition) is 6. The van der Waals surface area contributed by atoms with Crippen LogP contribution >= 0.6 is 0 Å². The molecule has 0 saturated heterocycles. The fourth-order valence-corrected chi connectivity index (χ4v) is 2.66. The summed E-state index contributed by atoms with van der Waals surface area (Å²) >= 11 is 0. The number of phenolic OH excluding ortho intramolecular Hbond substituents is 1. The number of ketones is 2. The first-order valence-electron chi connectivity index (χ1n) is 7.77. The van der Waals surface area contributed by atoms with Crippen LogP contribution in [0.4, 0.5) is 0 Å². The van der Waals surface area contributed by atoms with E-state index in [0.717, 1.165) is 11.6 Å². The van der Waals surface area contributed by atoms with Gasteiger partial charge in [-0.15, -0.1) is 0 Å². The third-order valence-corrected chi connectivity index (χ3v) is 3.78. The van der Waals surface area contributed by atoms with Gasteiger partial charge in [-0.3, -0.25) is 14.4 Å². The minimum atomic E-state index is -0.900. The number of methoxy groups -OCH3 is 1. The van der Waals surface area contributed by atoms with Gasteiger partial charge in [0, 0.05) is 18.9 Å². The molecular weight excluding hydrogens is 324 g/mol. The third-order valence-electron chi connectivity index (χ3n) is 3.78. The molecule has 1 aliphatic carbocycles. The number of esters is 1. The van der Waals surface area contributed by atoms with E-state index >= 15 is 0 Å². The zero-order chi connectivity index (χ0) is 18.7. The molecule has 0 aromatic heterocycles. The highest BCUT2D eigenvalue weighted by Crippen LogP contribution is 2.36. The van der Waals surface area contributed by atoms with Crippen molar-refractivity contribution in [1.82, 2.24) is 0 Å². The Balaban J connectivity index is 2.54. The van der Waals surface area contributed by atoms with Crippen molar-refractivity contribution in [1.29, 1.82) is 0 Å². The molecule has 0 saturated carbocycles. The van der Waals surface area contributed by atoms with Crippen molar-refractivity contribution in [3.05, 3.63) is 46.6 Å². The lowest BCUT2D eigenvalue weighted by Gasteiger charge is -2.23. The smallest absolute Gasteiger partial charge is 0.303 e. The van der Waals surface area contributed by atoms with Crippen LogP contribution in [0.15, 0.2) is 35.4 Å². The van der Waals surface area contributed by atoms with Crippen LogP contribution in [0.1, 0.15) is 47.9 Å². The second kappa shape index (κ2) is 7.34. The molecule has 0 spiro atoms. The predicted molar refractivity (Wildman–Crippen MR) is 91.0 cm³/mol. The molecule has 1 N–H and O–H groups in total. The summed E-state index contributed by atoms with van der Waals surface area (Å²) in [6.07, 6.45) is 2.32. The molecule has 6 heteroatoms. The van der Waals surface area contributed by atoms with Crippen LogP contribution in [-0.2, 0) is 9.53 Å². The second-order valence-electron chi connectivity index (χ2n) is 5.95. The molecular formula is C19H20O6. The summed E-state index contributed by atoms with van der Waals surface area (Å²) in [6.45, 7) is 4.98. The summed E-state index contributed by atoms with van der Waals surface area (Å²) in [4.78, 5) is 36.8. The molecule has 6 nitrogen and oxygen atoms in total. The fourth-order valence-electron chi connectivity index (χ4n) is 2.66. The highest BCUT2D eigenvalue weighted by molar-refractivity contribution is 6.27. The number of fused-ring (bicyclic) bond motifs is 1. The summed E-state index contributed by atoms with van der Waals surface area (Å²) in [5.41, 5.74) is 0.905. The molecule has 1 unspecified atom stereocenters. The van der Waals surface area contributed by atoms with E-state index in [1.54, 1.807) is 0 Å². The fraction of sp³-hybridized carbons (Fsp3) is 0.316. The van der Waals surface area contributed by atoms with Crippen LogP contribution in [0.25, 0.3) is 0 Å². The summed E-state index contributed by atoms with van der Waals surface area (Å²) in [7, 11) is 1.38. The summed E-state index contributed by atoms with van der Waals surface area (Å²) in [6, 6.07) is 2.72. The maximum atomic E-state index is 12.9. The van der Waals surface area contributed by atoms with E-state index < -0.39 is 23.6 Å². The minimum absolute atomic E-state index is 0.0139. The van der Waals surface area contributed by atoms with Gasteiger partial charge in [0.1, 0.15) is 17.6 Å². The molecule has 0 amide bonds. The Morgan fingerprint density at radius 3 is 2.44 bits per heavy atom. The molecule has 1 aliphatic rings. The van der Waals surface area contributed by atoms with Crippen LogP contribution in [-0.4, -0.2) is 35.9 Å². The van der Waals surface area contributed by atoms with Crippen LogP contribution in [0.2, 0.25) is 0 Å². The second-order valence-corrected chi connectivity index (χ2v) is 5.95. The van der Waals surface area contributed by atoms with Crippen molar-refractivity contribution in [3.8, 4) is 11.5 Å². The van der Waals surface area contributed by atoms with E-state index in [0.29, 0.717) is 0 Å². The first kappa shape index (κ1) is 18.4. The first-order valence-corrected chi connectivity index (χ1v) is 7.77. The van der Waals surface area contributed by atoms with E-state index in [4.69, 9.17) is 9.47 Å². The van der Waals surface area contributed by atoms with Gasteiger partial charge in [0.05, 0.1) is 18.2 Å². The van der Waals surface area contributed by atoms with Crippen molar-refractivity contribution in [2.75, 3.05) is 7.11 Å². The maximum absolute atomic E-state index is 12.9. The highest BCUT2D eigenvalue weighted by atomic mass is 16.5. The summed E-state index contributed by atoms with van der Waals surface area (Å²) in [5, 5.41) is 10.1. The van der Waals surface area contributed by atoms with E-state index in [9.17, 15) is 19.5 Å². The van der Waals surface area contributed by atoms with Gasteiger partial charge < -0.3 is 14.6 Å². The Morgan fingerprint density at radius 1 is 1.20 bits per heavy atom. The van der Waals surface area contributed by atoms with Crippen molar-refractivity contribution in [3.63, 3.8) is 0 Å². The average molecular weight is 344 g/mol. The molecule has 0 radical (unpaired) electrons. The normalized spacial score (nSPS) is 14.3. The van der Waals surface area contributed by atoms with Crippen LogP contribution < -0.4 is 4.74 Å². The molecule has 0 aliphatic heterocycles. The standard InChI is InChI=1S/C19H20O6/c1-10(2)5-7-15(25-11(3)20)12-9-14(22)17-16(24-4)8-6-13(21)18(17)19(12)23/h5-6,8-9,15,21H,7H2,1-4H3. The molecule has 132 valence electrons. The van der Waals surface area contributed by atoms with Gasteiger partial charge in [-0.05, 0) is 32.1 Å². The number of hydrogen-bond donors (Lipinski definition) is 1. The molecule has 0 bridgehead atoms. The lowest BCUT2D eigenvalue weighted by molar-refractivity contribution is -0.144. The van der Waals surface area contributed by atoms with Gasteiger partial charge >= 0.3 is 5.97 Å². The van der Waals surface area contributed by atoms with E-state index in [1.807, 2.05) is 19.9 Å². The number of rotatable bonds is 5. The number of benzene rings is 1. The predicted octanol–water partition coefficient (Wildman–Crippen LogP) is 2.99. The van der Waals surface area contributed by atoms with Gasteiger partial charge in [-0.25, -0.2) is 0 Å². The van der Waals surface area contributed by atoms with Gasteiger partial charge in [0.25, 0.3) is 0 Å². The van der Waals surface area contributed by atoms with E-state index in [-0.39, 0.29) is 34.6 Å². The SMILES string of the molecule is COc1ccc(O)c2c1C(=O)C=C(C(CC=C(C)C)OC(C)=O)C2=O. The van der Waals surface area contributed by atoms with Gasteiger partial charge in [0.2, 0.25) is 0 Å². The first-order chi connectivity index (χ1) is 11.8.